The summed E-state index contributed by atoms with van der Waals surface area (Å²) in [5.74, 6) is 0.955. The number of benzene rings is 2. The first-order chi connectivity index (χ1) is 8.74. The Hall–Kier alpha value is -1.96. The van der Waals surface area contributed by atoms with Crippen LogP contribution in [0.15, 0.2) is 48.5 Å². The zero-order chi connectivity index (χ0) is 13.0. The molecule has 0 aromatic heterocycles. The van der Waals surface area contributed by atoms with E-state index >= 15 is 0 Å². The van der Waals surface area contributed by atoms with Crippen LogP contribution in [0.5, 0.6) is 5.75 Å². The fourth-order valence-electron chi connectivity index (χ4n) is 2.02. The Kier molecular flexibility index (Phi) is 3.88. The predicted octanol–water partition coefficient (Wildman–Crippen LogP) is 3.82. The zero-order valence-corrected chi connectivity index (χ0v) is 11.2. The number of anilines is 1. The molecule has 2 nitrogen and oxygen atoms in total. The highest BCUT2D eigenvalue weighted by Gasteiger charge is 2.12. The fourth-order valence-corrected chi connectivity index (χ4v) is 2.02. The highest BCUT2D eigenvalue weighted by Crippen LogP contribution is 2.37. The van der Waals surface area contributed by atoms with Gasteiger partial charge in [-0.15, -0.1) is 0 Å². The largest absolute Gasteiger partial charge is 0.491 e. The second-order valence-electron chi connectivity index (χ2n) is 4.35. The number of para-hydroxylation sites is 1. The van der Waals surface area contributed by atoms with E-state index in [0.717, 1.165) is 17.0 Å². The number of ether oxygens (including phenoxy) is 1. The molecule has 94 valence electrons. The van der Waals surface area contributed by atoms with Crippen molar-refractivity contribution in [2.45, 2.75) is 6.92 Å². The van der Waals surface area contributed by atoms with E-state index in [0.29, 0.717) is 6.61 Å². The van der Waals surface area contributed by atoms with E-state index < -0.39 is 0 Å². The molecule has 0 bridgehead atoms. The van der Waals surface area contributed by atoms with Crippen LogP contribution in [-0.4, -0.2) is 20.7 Å². The monoisotopic (exact) mass is 241 g/mol. The lowest BCUT2D eigenvalue weighted by Gasteiger charge is -2.20. The van der Waals surface area contributed by atoms with Crippen molar-refractivity contribution >= 4 is 5.69 Å². The molecule has 2 aromatic rings. The zero-order valence-electron chi connectivity index (χ0n) is 11.2. The normalized spacial score (nSPS) is 10.2. The third-order valence-corrected chi connectivity index (χ3v) is 2.85. The van der Waals surface area contributed by atoms with Gasteiger partial charge in [0.05, 0.1) is 12.3 Å². The molecule has 0 atom stereocenters. The molecule has 0 radical (unpaired) electrons. The maximum Gasteiger partial charge on any atom is 0.150 e. The minimum atomic E-state index is 0.671. The van der Waals surface area contributed by atoms with Gasteiger partial charge in [-0.2, -0.15) is 0 Å². The fraction of sp³-hybridized carbons (Fsp3) is 0.250. The van der Waals surface area contributed by atoms with Gasteiger partial charge in [0, 0.05) is 19.7 Å². The highest BCUT2D eigenvalue weighted by atomic mass is 16.5. The molecule has 2 heteroatoms. The Labute approximate surface area is 109 Å². The summed E-state index contributed by atoms with van der Waals surface area (Å²) >= 11 is 0. The minimum Gasteiger partial charge on any atom is -0.491 e. The molecule has 0 unspecified atom stereocenters. The number of rotatable bonds is 4. The third-order valence-electron chi connectivity index (χ3n) is 2.85. The molecule has 0 N–H and O–H groups in total. The molecule has 0 aliphatic rings. The number of hydrogen-bond acceptors (Lipinski definition) is 2. The molecule has 0 saturated heterocycles. The quantitative estimate of drug-likeness (QED) is 0.807. The molecule has 0 amide bonds. The van der Waals surface area contributed by atoms with E-state index in [4.69, 9.17) is 4.74 Å². The third kappa shape index (κ3) is 2.48. The molecule has 2 aromatic carbocycles. The van der Waals surface area contributed by atoms with Crippen molar-refractivity contribution in [1.82, 2.24) is 0 Å². The highest BCUT2D eigenvalue weighted by molar-refractivity contribution is 5.78. The average molecular weight is 241 g/mol. The number of nitrogens with zero attached hydrogens (tertiary/aromatic N) is 1. The Morgan fingerprint density at radius 2 is 1.67 bits per heavy atom. The van der Waals surface area contributed by atoms with Crippen LogP contribution in [0.2, 0.25) is 0 Å². The van der Waals surface area contributed by atoms with E-state index in [9.17, 15) is 0 Å². The second kappa shape index (κ2) is 5.58. The van der Waals surface area contributed by atoms with Gasteiger partial charge in [-0.25, -0.2) is 0 Å². The Balaban J connectivity index is 2.56. The Morgan fingerprint density at radius 3 is 2.28 bits per heavy atom. The van der Waals surface area contributed by atoms with Crippen LogP contribution in [0, 0.1) is 0 Å². The molecular formula is C16H19NO. The smallest absolute Gasteiger partial charge is 0.150 e. The van der Waals surface area contributed by atoms with Crippen molar-refractivity contribution in [3.63, 3.8) is 0 Å². The second-order valence-corrected chi connectivity index (χ2v) is 4.35. The first-order valence-corrected chi connectivity index (χ1v) is 6.22. The van der Waals surface area contributed by atoms with Crippen LogP contribution < -0.4 is 9.64 Å². The lowest BCUT2D eigenvalue weighted by molar-refractivity contribution is 0.342. The van der Waals surface area contributed by atoms with Crippen molar-refractivity contribution in [1.29, 1.82) is 0 Å². The van der Waals surface area contributed by atoms with E-state index in [1.807, 2.05) is 39.2 Å². The number of hydrogen-bond donors (Lipinski definition) is 0. The van der Waals surface area contributed by atoms with E-state index in [1.54, 1.807) is 0 Å². The maximum absolute atomic E-state index is 5.84. The molecule has 0 spiro atoms. The summed E-state index contributed by atoms with van der Waals surface area (Å²) in [6.07, 6.45) is 0. The Morgan fingerprint density at radius 1 is 0.944 bits per heavy atom. The van der Waals surface area contributed by atoms with Gasteiger partial charge in [-0.1, -0.05) is 42.5 Å². The van der Waals surface area contributed by atoms with Gasteiger partial charge in [0.15, 0.2) is 0 Å². The van der Waals surface area contributed by atoms with E-state index in [-0.39, 0.29) is 0 Å². The van der Waals surface area contributed by atoms with E-state index in [2.05, 4.69) is 35.2 Å². The molecule has 2 rings (SSSR count). The van der Waals surface area contributed by atoms with Gasteiger partial charge < -0.3 is 9.64 Å². The molecule has 18 heavy (non-hydrogen) atoms. The van der Waals surface area contributed by atoms with Crippen molar-refractivity contribution in [2.75, 3.05) is 25.6 Å². The molecule has 0 heterocycles. The summed E-state index contributed by atoms with van der Waals surface area (Å²) in [5.41, 5.74) is 3.44. The summed E-state index contributed by atoms with van der Waals surface area (Å²) in [5, 5.41) is 0. The van der Waals surface area contributed by atoms with Crippen LogP contribution in [0.1, 0.15) is 6.92 Å². The molecular weight excluding hydrogens is 222 g/mol. The summed E-state index contributed by atoms with van der Waals surface area (Å²) in [6.45, 7) is 2.69. The minimum absolute atomic E-state index is 0.671. The van der Waals surface area contributed by atoms with Gasteiger partial charge >= 0.3 is 0 Å². The van der Waals surface area contributed by atoms with Crippen LogP contribution in [-0.2, 0) is 0 Å². The summed E-state index contributed by atoms with van der Waals surface area (Å²) in [6, 6.07) is 16.6. The van der Waals surface area contributed by atoms with E-state index in [1.165, 1.54) is 5.56 Å². The maximum atomic E-state index is 5.84. The first-order valence-electron chi connectivity index (χ1n) is 6.22. The summed E-state index contributed by atoms with van der Waals surface area (Å²) in [7, 11) is 4.07. The standard InChI is InChI=1S/C16H19NO/c1-4-18-16-14(13-9-6-5-7-10-13)11-8-12-15(16)17(2)3/h5-12H,4H2,1-3H3. The van der Waals surface area contributed by atoms with Gasteiger partial charge in [0.2, 0.25) is 0 Å². The summed E-state index contributed by atoms with van der Waals surface area (Å²) in [4.78, 5) is 2.08. The average Bonchev–Trinajstić information content (AvgIpc) is 2.40. The first kappa shape index (κ1) is 12.5. The van der Waals surface area contributed by atoms with Crippen molar-refractivity contribution in [2.24, 2.45) is 0 Å². The van der Waals surface area contributed by atoms with Crippen molar-refractivity contribution in [3.8, 4) is 16.9 Å². The predicted molar refractivity (Wildman–Crippen MR) is 77.4 cm³/mol. The van der Waals surface area contributed by atoms with Gasteiger partial charge in [0.25, 0.3) is 0 Å². The van der Waals surface area contributed by atoms with Crippen LogP contribution >= 0.6 is 0 Å². The van der Waals surface area contributed by atoms with Crippen LogP contribution in [0.4, 0.5) is 5.69 Å². The van der Waals surface area contributed by atoms with Crippen LogP contribution in [0.3, 0.4) is 0 Å². The SMILES string of the molecule is CCOc1c(-c2ccccc2)cccc1N(C)C. The van der Waals surface area contributed by atoms with Gasteiger partial charge in [0.1, 0.15) is 5.75 Å². The Bertz CT molecular complexity index is 506. The van der Waals surface area contributed by atoms with Crippen molar-refractivity contribution in [3.05, 3.63) is 48.5 Å². The molecule has 0 saturated carbocycles. The molecule has 0 aliphatic heterocycles. The van der Waals surface area contributed by atoms with Crippen LogP contribution in [0.25, 0.3) is 11.1 Å². The van der Waals surface area contributed by atoms with Gasteiger partial charge in [-0.3, -0.25) is 0 Å². The lowest BCUT2D eigenvalue weighted by atomic mass is 10.0. The lowest BCUT2D eigenvalue weighted by Crippen LogP contribution is -2.11. The molecule has 0 aliphatic carbocycles. The molecule has 0 fully saturated rings. The van der Waals surface area contributed by atoms with Gasteiger partial charge in [-0.05, 0) is 18.6 Å². The summed E-state index contributed by atoms with van der Waals surface area (Å²) < 4.78 is 5.84. The van der Waals surface area contributed by atoms with Crippen molar-refractivity contribution < 1.29 is 4.74 Å². The topological polar surface area (TPSA) is 12.5 Å².